The summed E-state index contributed by atoms with van der Waals surface area (Å²) in [6.45, 7) is 0. The summed E-state index contributed by atoms with van der Waals surface area (Å²) in [6.07, 6.45) is 0. The average molecular weight is 332 g/mol. The van der Waals surface area contributed by atoms with Crippen molar-refractivity contribution in [2.45, 2.75) is 0 Å². The third-order valence-corrected chi connectivity index (χ3v) is 1.23. The van der Waals surface area contributed by atoms with Gasteiger partial charge in [0.25, 0.3) is 0 Å². The SMILES string of the molecule is P.[Au][C]#Cc1ccccc1. The summed E-state index contributed by atoms with van der Waals surface area (Å²) in [6, 6.07) is 9.92. The Hall–Kier alpha value is -0.0497. The van der Waals surface area contributed by atoms with Crippen molar-refractivity contribution in [1.82, 2.24) is 0 Å². The number of hydrogen-bond acceptors (Lipinski definition) is 0. The van der Waals surface area contributed by atoms with E-state index < -0.39 is 0 Å². The number of benzene rings is 1. The van der Waals surface area contributed by atoms with Crippen molar-refractivity contribution in [3.05, 3.63) is 35.9 Å². The van der Waals surface area contributed by atoms with E-state index in [1.165, 1.54) is 0 Å². The van der Waals surface area contributed by atoms with Crippen LogP contribution in [0.5, 0.6) is 0 Å². The maximum atomic E-state index is 2.93. The van der Waals surface area contributed by atoms with Crippen molar-refractivity contribution in [3.8, 4) is 10.1 Å². The standard InChI is InChI=1S/C8H5.Au.H3P/c1-2-8-6-4-3-5-7-8;;/h3-7H;;1H3. The van der Waals surface area contributed by atoms with Crippen LogP contribution in [0.1, 0.15) is 5.56 Å². The second-order valence-corrected chi connectivity index (χ2v) is 2.11. The predicted molar refractivity (Wildman–Crippen MR) is 44.4 cm³/mol. The zero-order chi connectivity index (χ0) is 6.53. The van der Waals surface area contributed by atoms with Gasteiger partial charge in [-0.15, -0.1) is 0 Å². The molecule has 0 saturated heterocycles. The first-order chi connectivity index (χ1) is 4.43. The monoisotopic (exact) mass is 332 g/mol. The van der Waals surface area contributed by atoms with Crippen molar-refractivity contribution in [3.63, 3.8) is 0 Å². The Morgan fingerprint density at radius 3 is 2.20 bits per heavy atom. The molecule has 0 bridgehead atoms. The molecule has 0 nitrogen and oxygen atoms in total. The van der Waals surface area contributed by atoms with Gasteiger partial charge in [-0.05, 0) is 0 Å². The van der Waals surface area contributed by atoms with Crippen molar-refractivity contribution >= 4 is 9.90 Å². The zero-order valence-corrected chi connectivity index (χ0v) is 8.98. The molecule has 0 saturated carbocycles. The van der Waals surface area contributed by atoms with Crippen LogP contribution in [-0.2, 0) is 21.1 Å². The van der Waals surface area contributed by atoms with Crippen molar-refractivity contribution in [2.24, 2.45) is 0 Å². The summed E-state index contributed by atoms with van der Waals surface area (Å²) in [5.74, 6) is 2.93. The molecule has 0 heterocycles. The Morgan fingerprint density at radius 1 is 1.10 bits per heavy atom. The van der Waals surface area contributed by atoms with Gasteiger partial charge in [0.1, 0.15) is 0 Å². The molecule has 0 N–H and O–H groups in total. The van der Waals surface area contributed by atoms with Crippen LogP contribution >= 0.6 is 9.90 Å². The predicted octanol–water partition coefficient (Wildman–Crippen LogP) is 1.60. The number of hydrogen-bond donors (Lipinski definition) is 0. The van der Waals surface area contributed by atoms with E-state index in [0.717, 1.165) is 5.56 Å². The summed E-state index contributed by atoms with van der Waals surface area (Å²) in [5, 5.41) is 0. The molecular formula is C8H8AuP. The van der Waals surface area contributed by atoms with E-state index in [9.17, 15) is 0 Å². The van der Waals surface area contributed by atoms with Crippen LogP contribution in [-0.4, -0.2) is 0 Å². The van der Waals surface area contributed by atoms with E-state index >= 15 is 0 Å². The summed E-state index contributed by atoms with van der Waals surface area (Å²) < 4.78 is 2.78. The molecule has 0 amide bonds. The summed E-state index contributed by atoms with van der Waals surface area (Å²) in [7, 11) is 0. The molecule has 0 aromatic heterocycles. The van der Waals surface area contributed by atoms with Crippen LogP contribution < -0.4 is 0 Å². The van der Waals surface area contributed by atoms with Crippen LogP contribution in [0.4, 0.5) is 0 Å². The zero-order valence-electron chi connectivity index (χ0n) is 5.40. The van der Waals surface area contributed by atoms with Gasteiger partial charge in [-0.25, -0.2) is 0 Å². The van der Waals surface area contributed by atoms with Crippen LogP contribution in [0, 0.1) is 10.1 Å². The third kappa shape index (κ3) is 3.20. The second kappa shape index (κ2) is 5.71. The van der Waals surface area contributed by atoms with Crippen LogP contribution in [0.3, 0.4) is 0 Å². The molecule has 1 aromatic carbocycles. The Bertz CT molecular complexity index is 232. The quantitative estimate of drug-likeness (QED) is 0.385. The molecule has 0 fully saturated rings. The van der Waals surface area contributed by atoms with Gasteiger partial charge in [0.2, 0.25) is 0 Å². The van der Waals surface area contributed by atoms with Gasteiger partial charge in [0.15, 0.2) is 0 Å². The molecule has 0 aliphatic rings. The van der Waals surface area contributed by atoms with E-state index in [0.29, 0.717) is 0 Å². The molecule has 1 atom stereocenters. The topological polar surface area (TPSA) is 0 Å². The first-order valence-electron chi connectivity index (χ1n) is 2.56. The molecule has 1 rings (SSSR count). The summed E-state index contributed by atoms with van der Waals surface area (Å²) in [5.41, 5.74) is 1.07. The minimum atomic E-state index is 0. The molecule has 0 radical (unpaired) electrons. The van der Waals surface area contributed by atoms with E-state index in [2.05, 4.69) is 31.1 Å². The van der Waals surface area contributed by atoms with Gasteiger partial charge in [-0.2, -0.15) is 9.90 Å². The first kappa shape index (κ1) is 9.95. The molecule has 1 aromatic rings. The van der Waals surface area contributed by atoms with Crippen LogP contribution in [0.15, 0.2) is 30.3 Å². The van der Waals surface area contributed by atoms with Crippen LogP contribution in [0.25, 0.3) is 0 Å². The van der Waals surface area contributed by atoms with E-state index in [4.69, 9.17) is 0 Å². The fourth-order valence-corrected chi connectivity index (χ4v) is 0.878. The molecule has 0 spiro atoms. The molecule has 0 aliphatic carbocycles. The van der Waals surface area contributed by atoms with Gasteiger partial charge in [0.05, 0.1) is 0 Å². The van der Waals surface area contributed by atoms with E-state index in [1.54, 1.807) is 0 Å². The fourth-order valence-electron chi connectivity index (χ4n) is 0.565. The molecular weight excluding hydrogens is 324 g/mol. The molecule has 10 heavy (non-hydrogen) atoms. The van der Waals surface area contributed by atoms with Crippen LogP contribution in [0.2, 0.25) is 0 Å². The van der Waals surface area contributed by atoms with E-state index in [1.807, 2.05) is 30.3 Å². The van der Waals surface area contributed by atoms with Gasteiger partial charge in [-0.3, -0.25) is 0 Å². The maximum absolute atomic E-state index is 2.93. The Morgan fingerprint density at radius 2 is 1.70 bits per heavy atom. The molecule has 56 valence electrons. The van der Waals surface area contributed by atoms with Gasteiger partial charge in [-0.1, -0.05) is 0 Å². The normalized spacial score (nSPS) is 7.00. The molecule has 1 unspecified atom stereocenters. The minimum absolute atomic E-state index is 0. The van der Waals surface area contributed by atoms with Gasteiger partial charge < -0.3 is 0 Å². The Kier molecular flexibility index (Phi) is 5.69. The molecule has 0 aliphatic heterocycles. The summed E-state index contributed by atoms with van der Waals surface area (Å²) in [4.78, 5) is 0. The van der Waals surface area contributed by atoms with E-state index in [-0.39, 0.29) is 9.90 Å². The molecule has 2 heteroatoms. The second-order valence-electron chi connectivity index (χ2n) is 1.57. The van der Waals surface area contributed by atoms with Gasteiger partial charge in [0, 0.05) is 0 Å². The first-order valence-corrected chi connectivity index (χ1v) is 3.64. The summed E-state index contributed by atoms with van der Waals surface area (Å²) >= 11 is 2.19. The Balaban J connectivity index is 0.000000810. The van der Waals surface area contributed by atoms with Gasteiger partial charge >= 0.3 is 67.0 Å². The van der Waals surface area contributed by atoms with Crippen molar-refractivity contribution in [2.75, 3.05) is 0 Å². The third-order valence-electron chi connectivity index (χ3n) is 0.956. The average Bonchev–Trinajstić information content (AvgIpc) is 1.91. The fraction of sp³-hybridized carbons (Fsp3) is 0. The van der Waals surface area contributed by atoms with Crippen molar-refractivity contribution in [1.29, 1.82) is 0 Å². The number of rotatable bonds is 0. The Labute approximate surface area is 76.9 Å². The van der Waals surface area contributed by atoms with Crippen molar-refractivity contribution < 1.29 is 21.1 Å².